The highest BCUT2D eigenvalue weighted by molar-refractivity contribution is 6.30. The van der Waals surface area contributed by atoms with Gasteiger partial charge in [-0.3, -0.25) is 9.47 Å². The van der Waals surface area contributed by atoms with E-state index in [-0.39, 0.29) is 11.4 Å². The van der Waals surface area contributed by atoms with Crippen LogP contribution in [0.25, 0.3) is 5.69 Å². The maximum absolute atomic E-state index is 13.2. The molecule has 6 nitrogen and oxygen atoms in total. The molecular weight excluding hydrogens is 439 g/mol. The largest absolute Gasteiger partial charge is 0.355 e. The molecule has 170 valence electrons. The predicted octanol–water partition coefficient (Wildman–Crippen LogP) is 4.71. The smallest absolute Gasteiger partial charge is 0.151 e. The molecule has 1 spiro atoms. The van der Waals surface area contributed by atoms with Crippen LogP contribution in [0.3, 0.4) is 0 Å². The Kier molecular flexibility index (Phi) is 4.08. The third-order valence-electron chi connectivity index (χ3n) is 8.28. The van der Waals surface area contributed by atoms with Crippen molar-refractivity contribution in [2.45, 2.75) is 57.2 Å². The second-order valence-corrected chi connectivity index (χ2v) is 11.2. The van der Waals surface area contributed by atoms with Crippen molar-refractivity contribution in [3.05, 3.63) is 64.6 Å². The fourth-order valence-electron chi connectivity index (χ4n) is 6.08. The van der Waals surface area contributed by atoms with E-state index in [0.717, 1.165) is 61.5 Å². The Balaban J connectivity index is 1.15. The van der Waals surface area contributed by atoms with Crippen molar-refractivity contribution in [3.63, 3.8) is 0 Å². The number of anilines is 1. The van der Waals surface area contributed by atoms with E-state index >= 15 is 0 Å². The van der Waals surface area contributed by atoms with Crippen molar-refractivity contribution in [1.82, 2.24) is 24.6 Å². The van der Waals surface area contributed by atoms with Crippen LogP contribution in [-0.2, 0) is 13.1 Å². The van der Waals surface area contributed by atoms with Gasteiger partial charge in [-0.2, -0.15) is 0 Å². The van der Waals surface area contributed by atoms with Crippen molar-refractivity contribution >= 4 is 17.4 Å². The summed E-state index contributed by atoms with van der Waals surface area (Å²) >= 11 is 6.40. The van der Waals surface area contributed by atoms with Gasteiger partial charge in [-0.1, -0.05) is 11.6 Å². The fourth-order valence-corrected chi connectivity index (χ4v) is 6.27. The van der Waals surface area contributed by atoms with Gasteiger partial charge in [0.25, 0.3) is 0 Å². The number of hydrogen-bond donors (Lipinski definition) is 0. The van der Waals surface area contributed by atoms with Crippen molar-refractivity contribution in [3.8, 4) is 5.69 Å². The molecule has 1 aromatic carbocycles. The molecule has 7 rings (SSSR count). The molecule has 33 heavy (non-hydrogen) atoms. The molecule has 0 amide bonds. The van der Waals surface area contributed by atoms with Crippen LogP contribution >= 0.6 is 11.6 Å². The number of hydrogen-bond acceptors (Lipinski definition) is 5. The Labute approximate surface area is 197 Å². The molecule has 1 saturated heterocycles. The van der Waals surface area contributed by atoms with Gasteiger partial charge in [0.1, 0.15) is 17.5 Å². The lowest BCUT2D eigenvalue weighted by molar-refractivity contribution is 0.0581. The molecule has 8 heteroatoms. The SMILES string of the molecule is CC1(N2Cc3cc(Cl)ccc3-n3c(nnc3C3CC4(C3)CN(c3ccc(F)cn3)C4)C2)CC1. The van der Waals surface area contributed by atoms with Crippen molar-refractivity contribution in [2.75, 3.05) is 18.0 Å². The Hall–Kier alpha value is -2.51. The fraction of sp³-hybridized carbons (Fsp3) is 0.480. The summed E-state index contributed by atoms with van der Waals surface area (Å²) in [7, 11) is 0. The molecule has 4 heterocycles. The standard InChI is InChI=1S/C25H26ClFN6/c1-24(6-7-24)32-12-16-8-18(26)2-4-20(16)33-22(13-32)29-30-23(33)17-9-25(10-17)14-31(15-25)21-5-3-19(27)11-28-21/h2-5,8,11,17H,6-7,9-10,12-15H2,1H3. The van der Waals surface area contributed by atoms with E-state index in [4.69, 9.17) is 16.7 Å². The van der Waals surface area contributed by atoms with E-state index in [9.17, 15) is 4.39 Å². The summed E-state index contributed by atoms with van der Waals surface area (Å²) in [6, 6.07) is 9.47. The summed E-state index contributed by atoms with van der Waals surface area (Å²) in [5, 5.41) is 10.2. The number of halogens is 2. The van der Waals surface area contributed by atoms with Crippen LogP contribution in [0.2, 0.25) is 5.02 Å². The van der Waals surface area contributed by atoms with E-state index in [0.29, 0.717) is 11.3 Å². The first-order chi connectivity index (χ1) is 15.9. The zero-order valence-electron chi connectivity index (χ0n) is 18.6. The van der Waals surface area contributed by atoms with Crippen molar-refractivity contribution in [2.24, 2.45) is 5.41 Å². The number of benzene rings is 1. The highest BCUT2D eigenvalue weighted by Crippen LogP contribution is 2.56. The Morgan fingerprint density at radius 2 is 1.88 bits per heavy atom. The molecule has 0 unspecified atom stereocenters. The second kappa shape index (κ2) is 6.76. The van der Waals surface area contributed by atoms with Gasteiger partial charge in [0.05, 0.1) is 18.4 Å². The lowest BCUT2D eigenvalue weighted by Crippen LogP contribution is -2.62. The van der Waals surface area contributed by atoms with E-state index in [2.05, 4.69) is 43.5 Å². The lowest BCUT2D eigenvalue weighted by Gasteiger charge is -2.59. The van der Waals surface area contributed by atoms with Gasteiger partial charge < -0.3 is 4.90 Å². The number of aromatic nitrogens is 4. The van der Waals surface area contributed by atoms with E-state index < -0.39 is 0 Å². The summed E-state index contributed by atoms with van der Waals surface area (Å²) in [5.74, 6) is 3.09. The molecule has 2 aliphatic carbocycles. The van der Waals surface area contributed by atoms with Crippen LogP contribution in [0, 0.1) is 11.2 Å². The monoisotopic (exact) mass is 464 g/mol. The number of pyridine rings is 1. The van der Waals surface area contributed by atoms with Crippen molar-refractivity contribution in [1.29, 1.82) is 0 Å². The minimum atomic E-state index is -0.291. The summed E-state index contributed by atoms with van der Waals surface area (Å²) in [6.45, 7) is 6.00. The molecule has 0 N–H and O–H groups in total. The van der Waals surface area contributed by atoms with Crippen LogP contribution in [-0.4, -0.2) is 43.3 Å². The summed E-state index contributed by atoms with van der Waals surface area (Å²) in [6.07, 6.45) is 5.97. The first-order valence-electron chi connectivity index (χ1n) is 11.8. The van der Waals surface area contributed by atoms with Crippen LogP contribution in [0.5, 0.6) is 0 Å². The molecule has 3 aromatic rings. The zero-order valence-corrected chi connectivity index (χ0v) is 19.4. The third kappa shape index (κ3) is 3.12. The quantitative estimate of drug-likeness (QED) is 0.562. The summed E-state index contributed by atoms with van der Waals surface area (Å²) < 4.78 is 15.5. The minimum Gasteiger partial charge on any atom is -0.355 e. The average Bonchev–Trinajstić information content (AvgIpc) is 3.40. The minimum absolute atomic E-state index is 0.255. The van der Waals surface area contributed by atoms with Gasteiger partial charge >= 0.3 is 0 Å². The highest BCUT2D eigenvalue weighted by Gasteiger charge is 2.54. The molecule has 0 atom stereocenters. The Bertz CT molecular complexity index is 1240. The van der Waals surface area contributed by atoms with E-state index in [1.807, 2.05) is 6.07 Å². The zero-order chi connectivity index (χ0) is 22.4. The molecule has 4 aliphatic rings. The van der Waals surface area contributed by atoms with Gasteiger partial charge in [0.15, 0.2) is 5.82 Å². The Morgan fingerprint density at radius 1 is 1.06 bits per heavy atom. The van der Waals surface area contributed by atoms with Crippen LogP contribution in [0.1, 0.15) is 55.7 Å². The summed E-state index contributed by atoms with van der Waals surface area (Å²) in [4.78, 5) is 9.02. The molecule has 2 aromatic heterocycles. The molecular formula is C25H26ClFN6. The number of fused-ring (bicyclic) bond motifs is 3. The van der Waals surface area contributed by atoms with Crippen LogP contribution in [0.4, 0.5) is 10.2 Å². The van der Waals surface area contributed by atoms with Gasteiger partial charge in [0.2, 0.25) is 0 Å². The number of rotatable bonds is 3. The third-order valence-corrected chi connectivity index (χ3v) is 8.52. The average molecular weight is 465 g/mol. The predicted molar refractivity (Wildman–Crippen MR) is 124 cm³/mol. The Morgan fingerprint density at radius 3 is 2.61 bits per heavy atom. The number of nitrogens with zero attached hydrogens (tertiary/aromatic N) is 6. The molecule has 2 saturated carbocycles. The molecule has 3 fully saturated rings. The topological polar surface area (TPSA) is 50.1 Å². The normalized spacial score (nSPS) is 22.8. The lowest BCUT2D eigenvalue weighted by atomic mass is 9.57. The molecule has 0 radical (unpaired) electrons. The highest BCUT2D eigenvalue weighted by atomic mass is 35.5. The van der Waals surface area contributed by atoms with E-state index in [1.165, 1.54) is 36.4 Å². The van der Waals surface area contributed by atoms with Gasteiger partial charge in [-0.15, -0.1) is 10.2 Å². The second-order valence-electron chi connectivity index (χ2n) is 10.7. The first-order valence-corrected chi connectivity index (χ1v) is 12.1. The van der Waals surface area contributed by atoms with Crippen LogP contribution < -0.4 is 4.90 Å². The van der Waals surface area contributed by atoms with Gasteiger partial charge in [0, 0.05) is 41.5 Å². The van der Waals surface area contributed by atoms with Gasteiger partial charge in [-0.25, -0.2) is 9.37 Å². The van der Waals surface area contributed by atoms with Gasteiger partial charge in [-0.05, 0) is 68.5 Å². The molecule has 2 aliphatic heterocycles. The first kappa shape index (κ1) is 19.9. The summed E-state index contributed by atoms with van der Waals surface area (Å²) in [5.41, 5.74) is 2.99. The molecule has 0 bridgehead atoms. The maximum atomic E-state index is 13.2. The van der Waals surface area contributed by atoms with E-state index in [1.54, 1.807) is 6.07 Å². The van der Waals surface area contributed by atoms with Crippen molar-refractivity contribution < 1.29 is 4.39 Å². The van der Waals surface area contributed by atoms with Crippen LogP contribution in [0.15, 0.2) is 36.5 Å². The maximum Gasteiger partial charge on any atom is 0.151 e.